The Bertz CT molecular complexity index is 709. The van der Waals surface area contributed by atoms with E-state index in [4.69, 9.17) is 16.3 Å². The Morgan fingerprint density at radius 2 is 1.38 bits per heavy atom. The van der Waals surface area contributed by atoms with Crippen LogP contribution < -0.4 is 0 Å². The van der Waals surface area contributed by atoms with E-state index in [-0.39, 0.29) is 6.61 Å². The van der Waals surface area contributed by atoms with Crippen molar-refractivity contribution in [2.45, 2.75) is 43.6 Å². The van der Waals surface area contributed by atoms with E-state index in [1.54, 1.807) is 0 Å². The van der Waals surface area contributed by atoms with Gasteiger partial charge in [-0.2, -0.15) is 26.3 Å². The summed E-state index contributed by atoms with van der Waals surface area (Å²) in [5.41, 5.74) is 0.534. The second-order valence-corrected chi connectivity index (χ2v) is 6.09. The van der Waals surface area contributed by atoms with E-state index in [0.717, 1.165) is 0 Å². The van der Waals surface area contributed by atoms with Crippen LogP contribution in [0.2, 0.25) is 5.02 Å². The average molecular weight is 457 g/mol. The zero-order valence-corrected chi connectivity index (χ0v) is 15.0. The van der Waals surface area contributed by atoms with Gasteiger partial charge in [0.25, 0.3) is 0 Å². The van der Waals surface area contributed by atoms with Crippen molar-refractivity contribution in [1.29, 1.82) is 0 Å². The van der Waals surface area contributed by atoms with E-state index >= 15 is 0 Å². The zero-order valence-electron chi connectivity index (χ0n) is 14.2. The van der Waals surface area contributed by atoms with Crippen LogP contribution >= 0.6 is 11.6 Å². The average Bonchev–Trinajstić information content (AvgIpc) is 2.63. The van der Waals surface area contributed by atoms with Crippen molar-refractivity contribution in [3.63, 3.8) is 0 Å². The quantitative estimate of drug-likeness (QED) is 0.372. The molecular weight excluding hydrogens is 444 g/mol. The summed E-state index contributed by atoms with van der Waals surface area (Å²) in [7, 11) is 0. The summed E-state index contributed by atoms with van der Waals surface area (Å²) in [6.07, 6.45) is -6.66. The Kier molecular flexibility index (Phi) is 8.25. The molecule has 0 saturated carbocycles. The minimum absolute atomic E-state index is 0.210. The topological polar surface area (TPSA) is 52.6 Å². The minimum atomic E-state index is -6.48. The Morgan fingerprint density at radius 3 is 1.86 bits per heavy atom. The van der Waals surface area contributed by atoms with Crippen molar-refractivity contribution in [3.05, 3.63) is 34.9 Å². The lowest BCUT2D eigenvalue weighted by Crippen LogP contribution is -2.59. The summed E-state index contributed by atoms with van der Waals surface area (Å²) in [5.74, 6) is -21.2. The summed E-state index contributed by atoms with van der Waals surface area (Å²) in [6.45, 7) is -2.79. The van der Waals surface area contributed by atoms with Crippen LogP contribution in [0.25, 0.3) is 0 Å². The van der Waals surface area contributed by atoms with Crippen molar-refractivity contribution in [2.24, 2.45) is 0 Å². The van der Waals surface area contributed by atoms with Gasteiger partial charge in [0.1, 0.15) is 6.61 Å². The van der Waals surface area contributed by atoms with Gasteiger partial charge in [-0.1, -0.05) is 23.7 Å². The van der Waals surface area contributed by atoms with Gasteiger partial charge in [0, 0.05) is 5.02 Å². The van der Waals surface area contributed by atoms with Gasteiger partial charge in [-0.25, -0.2) is 8.78 Å². The molecule has 0 N–H and O–H groups in total. The molecule has 4 nitrogen and oxygen atoms in total. The largest absolute Gasteiger partial charge is 0.461 e. The van der Waals surface area contributed by atoms with Crippen LogP contribution in [0, 0.1) is 0 Å². The Labute approximate surface area is 163 Å². The van der Waals surface area contributed by atoms with Crippen LogP contribution in [-0.2, 0) is 25.7 Å². The first kappa shape index (κ1) is 24.9. The summed E-state index contributed by atoms with van der Waals surface area (Å²) >= 11 is 5.65. The van der Waals surface area contributed by atoms with E-state index in [1.807, 2.05) is 0 Å². The minimum Gasteiger partial charge on any atom is -0.461 e. The SMILES string of the molecule is O=C(CCC(=O)OCC(F)(F)C(F)(F)C(F)(F)C(F)F)OCc1ccc(Cl)cc1. The number of alkyl halides is 8. The monoisotopic (exact) mass is 456 g/mol. The third kappa shape index (κ3) is 6.44. The number of hydrogen-bond donors (Lipinski definition) is 0. The molecule has 0 spiro atoms. The molecule has 13 heteroatoms. The number of esters is 2. The highest BCUT2D eigenvalue weighted by Gasteiger charge is 2.75. The molecule has 0 aliphatic rings. The highest BCUT2D eigenvalue weighted by atomic mass is 35.5. The fourth-order valence-electron chi connectivity index (χ4n) is 1.74. The fourth-order valence-corrected chi connectivity index (χ4v) is 1.86. The van der Waals surface area contributed by atoms with Crippen LogP contribution in [-0.4, -0.2) is 42.7 Å². The molecule has 0 unspecified atom stereocenters. The highest BCUT2D eigenvalue weighted by molar-refractivity contribution is 6.30. The first-order valence-corrected chi connectivity index (χ1v) is 8.06. The van der Waals surface area contributed by atoms with E-state index < -0.39 is 55.6 Å². The normalized spacial score (nSPS) is 12.8. The standard InChI is InChI=1S/C16H13ClF8O4/c17-10-3-1-9(2-4-10)7-28-11(26)5-6-12(27)29-8-14(20,21)16(24,25)15(22,23)13(18)19/h1-4,13H,5-8H2. The third-order valence-corrected chi connectivity index (χ3v) is 3.66. The molecule has 0 aliphatic heterocycles. The Hall–Kier alpha value is -2.11. The molecule has 1 aromatic rings. The van der Waals surface area contributed by atoms with Gasteiger partial charge in [0.15, 0.2) is 6.61 Å². The van der Waals surface area contributed by atoms with Crippen molar-refractivity contribution in [1.82, 2.24) is 0 Å². The summed E-state index contributed by atoms with van der Waals surface area (Å²) in [4.78, 5) is 22.7. The van der Waals surface area contributed by atoms with Crippen LogP contribution in [0.4, 0.5) is 35.1 Å². The van der Waals surface area contributed by atoms with Gasteiger partial charge in [0.2, 0.25) is 0 Å². The number of rotatable bonds is 10. The fraction of sp³-hybridized carbons (Fsp3) is 0.500. The Balaban J connectivity index is 2.47. The molecule has 0 saturated heterocycles. The molecule has 0 bridgehead atoms. The number of ether oxygens (including phenoxy) is 2. The van der Waals surface area contributed by atoms with Crippen LogP contribution in [0.3, 0.4) is 0 Å². The summed E-state index contributed by atoms with van der Waals surface area (Å²) in [5, 5.41) is 0.427. The lowest BCUT2D eigenvalue weighted by Gasteiger charge is -2.31. The van der Waals surface area contributed by atoms with Gasteiger partial charge in [0.05, 0.1) is 12.8 Å². The van der Waals surface area contributed by atoms with Gasteiger partial charge < -0.3 is 9.47 Å². The molecule has 0 radical (unpaired) electrons. The van der Waals surface area contributed by atoms with Crippen molar-refractivity contribution in [2.75, 3.05) is 6.61 Å². The van der Waals surface area contributed by atoms with Gasteiger partial charge in [-0.05, 0) is 17.7 Å². The van der Waals surface area contributed by atoms with Crippen molar-refractivity contribution in [3.8, 4) is 0 Å². The first-order valence-electron chi connectivity index (χ1n) is 7.68. The molecular formula is C16H13ClF8O4. The predicted molar refractivity (Wildman–Crippen MR) is 82.3 cm³/mol. The van der Waals surface area contributed by atoms with E-state index in [0.29, 0.717) is 10.6 Å². The molecule has 0 atom stereocenters. The molecule has 29 heavy (non-hydrogen) atoms. The molecule has 0 amide bonds. The van der Waals surface area contributed by atoms with Crippen LogP contribution in [0.1, 0.15) is 18.4 Å². The summed E-state index contributed by atoms with van der Waals surface area (Å²) < 4.78 is 110. The van der Waals surface area contributed by atoms with Crippen molar-refractivity contribution >= 4 is 23.5 Å². The zero-order chi connectivity index (χ0) is 22.5. The number of halogens is 9. The molecule has 0 aliphatic carbocycles. The van der Waals surface area contributed by atoms with Gasteiger partial charge in [-0.3, -0.25) is 9.59 Å². The molecule has 0 fully saturated rings. The lowest BCUT2D eigenvalue weighted by molar-refractivity contribution is -0.344. The molecule has 0 aromatic heterocycles. The first-order chi connectivity index (χ1) is 13.2. The molecule has 0 heterocycles. The van der Waals surface area contributed by atoms with Crippen molar-refractivity contribution < 1.29 is 54.2 Å². The summed E-state index contributed by atoms with van der Waals surface area (Å²) in [6, 6.07) is 6.08. The van der Waals surface area contributed by atoms with Gasteiger partial charge >= 0.3 is 36.1 Å². The number of carbonyl (C=O) groups excluding carboxylic acids is 2. The van der Waals surface area contributed by atoms with Gasteiger partial charge in [-0.15, -0.1) is 0 Å². The van der Waals surface area contributed by atoms with E-state index in [1.165, 1.54) is 24.3 Å². The molecule has 164 valence electrons. The second kappa shape index (κ2) is 9.59. The predicted octanol–water partition coefficient (Wildman–Crippen LogP) is 4.88. The van der Waals surface area contributed by atoms with E-state index in [2.05, 4.69) is 4.74 Å². The number of carbonyl (C=O) groups is 2. The van der Waals surface area contributed by atoms with E-state index in [9.17, 15) is 44.7 Å². The lowest BCUT2D eigenvalue weighted by atomic mass is 10.1. The maximum absolute atomic E-state index is 13.2. The molecule has 1 rings (SSSR count). The maximum Gasteiger partial charge on any atom is 0.381 e. The van der Waals surface area contributed by atoms with Crippen LogP contribution in [0.15, 0.2) is 24.3 Å². The smallest absolute Gasteiger partial charge is 0.381 e. The van der Waals surface area contributed by atoms with Crippen LogP contribution in [0.5, 0.6) is 0 Å². The highest BCUT2D eigenvalue weighted by Crippen LogP contribution is 2.48. The maximum atomic E-state index is 13.2. The number of hydrogen-bond acceptors (Lipinski definition) is 4. The molecule has 1 aromatic carbocycles. The third-order valence-electron chi connectivity index (χ3n) is 3.41. The Morgan fingerprint density at radius 1 is 0.897 bits per heavy atom. The second-order valence-electron chi connectivity index (χ2n) is 5.65. The number of benzene rings is 1.